The fourth-order valence-electron chi connectivity index (χ4n) is 1.81. The molecule has 1 aromatic carbocycles. The van der Waals surface area contributed by atoms with Crippen molar-refractivity contribution < 1.29 is 9.84 Å². The zero-order valence-corrected chi connectivity index (χ0v) is 9.91. The van der Waals surface area contributed by atoms with E-state index in [1.54, 1.807) is 18.5 Å². The first-order valence-corrected chi connectivity index (χ1v) is 6.21. The molecule has 1 aliphatic heterocycles. The average molecular weight is 245 g/mol. The molecule has 0 spiro atoms. The van der Waals surface area contributed by atoms with E-state index in [0.717, 1.165) is 27.5 Å². The highest BCUT2D eigenvalue weighted by Crippen LogP contribution is 2.40. The highest BCUT2D eigenvalue weighted by molar-refractivity contribution is 7.99. The summed E-state index contributed by atoms with van der Waals surface area (Å²) in [5.41, 5.74) is 1.08. The first-order valence-electron chi connectivity index (χ1n) is 5.39. The molecule has 86 valence electrons. The third kappa shape index (κ3) is 2.08. The van der Waals surface area contributed by atoms with Gasteiger partial charge in [-0.2, -0.15) is 0 Å². The number of rotatable bonds is 2. The Bertz CT molecular complexity index is 543. The number of pyridine rings is 1. The van der Waals surface area contributed by atoms with Crippen molar-refractivity contribution >= 4 is 11.8 Å². The second-order valence-corrected chi connectivity index (χ2v) is 4.93. The molecule has 0 atom stereocenters. The molecule has 3 nitrogen and oxygen atoms in total. The van der Waals surface area contributed by atoms with Crippen LogP contribution in [0.4, 0.5) is 0 Å². The zero-order chi connectivity index (χ0) is 11.7. The highest BCUT2D eigenvalue weighted by atomic mass is 32.2. The third-order valence-corrected chi connectivity index (χ3v) is 3.66. The van der Waals surface area contributed by atoms with Gasteiger partial charge in [-0.15, -0.1) is 0 Å². The summed E-state index contributed by atoms with van der Waals surface area (Å²) in [6, 6.07) is 7.53. The van der Waals surface area contributed by atoms with Crippen LogP contribution < -0.4 is 4.74 Å². The molecule has 0 fully saturated rings. The lowest BCUT2D eigenvalue weighted by molar-refractivity contribution is 0.355. The maximum Gasteiger partial charge on any atom is 0.130 e. The van der Waals surface area contributed by atoms with Crippen molar-refractivity contribution in [1.82, 2.24) is 4.98 Å². The van der Waals surface area contributed by atoms with Gasteiger partial charge in [-0.3, -0.25) is 4.98 Å². The van der Waals surface area contributed by atoms with E-state index >= 15 is 0 Å². The number of nitrogens with zero attached hydrogens (tertiary/aromatic N) is 1. The number of hydrogen-bond acceptors (Lipinski definition) is 4. The van der Waals surface area contributed by atoms with Crippen LogP contribution in [-0.4, -0.2) is 16.7 Å². The Labute approximate surface area is 103 Å². The summed E-state index contributed by atoms with van der Waals surface area (Å²) in [6.07, 6.45) is 4.38. The van der Waals surface area contributed by atoms with Crippen molar-refractivity contribution in [2.45, 2.75) is 16.2 Å². The Kier molecular flexibility index (Phi) is 2.65. The molecule has 0 bridgehead atoms. The number of ether oxygens (including phenoxy) is 1. The number of phenolic OH excluding ortho intramolecular Hbond substituents is 1. The smallest absolute Gasteiger partial charge is 0.130 e. The first kappa shape index (κ1) is 10.5. The summed E-state index contributed by atoms with van der Waals surface area (Å²) in [7, 11) is 0. The average Bonchev–Trinajstić information content (AvgIpc) is 2.78. The summed E-state index contributed by atoms with van der Waals surface area (Å²) >= 11 is 1.49. The minimum atomic E-state index is 0.308. The van der Waals surface area contributed by atoms with Gasteiger partial charge in [-0.05, 0) is 24.3 Å². The van der Waals surface area contributed by atoms with Crippen LogP contribution >= 0.6 is 11.8 Å². The molecule has 0 unspecified atom stereocenters. The standard InChI is InChI=1S/C13H11NO2S/c15-11-6-9-3-5-16-12(9)7-13(11)17-10-2-1-4-14-8-10/h1-2,4,6-8,15H,3,5H2. The van der Waals surface area contributed by atoms with E-state index in [9.17, 15) is 5.11 Å². The van der Waals surface area contributed by atoms with Crippen LogP contribution in [-0.2, 0) is 6.42 Å². The monoisotopic (exact) mass is 245 g/mol. The topological polar surface area (TPSA) is 42.4 Å². The molecule has 0 saturated heterocycles. The van der Waals surface area contributed by atoms with E-state index < -0.39 is 0 Å². The number of hydrogen-bond donors (Lipinski definition) is 1. The molecule has 3 rings (SSSR count). The molecule has 0 saturated carbocycles. The molecule has 1 N–H and O–H groups in total. The van der Waals surface area contributed by atoms with Gasteiger partial charge >= 0.3 is 0 Å². The Morgan fingerprint density at radius 1 is 1.35 bits per heavy atom. The van der Waals surface area contributed by atoms with Gasteiger partial charge in [0.2, 0.25) is 0 Å². The predicted molar refractivity (Wildman–Crippen MR) is 65.7 cm³/mol. The largest absolute Gasteiger partial charge is 0.507 e. The van der Waals surface area contributed by atoms with Gasteiger partial charge in [-0.25, -0.2) is 0 Å². The minimum absolute atomic E-state index is 0.308. The lowest BCUT2D eigenvalue weighted by Gasteiger charge is -2.06. The quantitative estimate of drug-likeness (QED) is 0.883. The number of fused-ring (bicyclic) bond motifs is 1. The lowest BCUT2D eigenvalue weighted by Crippen LogP contribution is -1.86. The molecule has 2 aromatic rings. The second-order valence-electron chi connectivity index (χ2n) is 3.82. The third-order valence-electron chi connectivity index (χ3n) is 2.63. The molecular weight excluding hydrogens is 234 g/mol. The van der Waals surface area contributed by atoms with Crippen LogP contribution in [0, 0.1) is 0 Å². The van der Waals surface area contributed by atoms with Gasteiger partial charge in [0.1, 0.15) is 11.5 Å². The highest BCUT2D eigenvalue weighted by Gasteiger charge is 2.16. The number of aromatic hydroxyl groups is 1. The van der Waals surface area contributed by atoms with Crippen LogP contribution in [0.2, 0.25) is 0 Å². The van der Waals surface area contributed by atoms with Crippen molar-refractivity contribution in [3.8, 4) is 11.5 Å². The molecule has 17 heavy (non-hydrogen) atoms. The number of phenols is 1. The van der Waals surface area contributed by atoms with E-state index in [0.29, 0.717) is 12.4 Å². The van der Waals surface area contributed by atoms with Crippen molar-refractivity contribution in [1.29, 1.82) is 0 Å². The fourth-order valence-corrected chi connectivity index (χ4v) is 2.65. The molecule has 0 amide bonds. The summed E-state index contributed by atoms with van der Waals surface area (Å²) in [5.74, 6) is 1.19. The van der Waals surface area contributed by atoms with Gasteiger partial charge < -0.3 is 9.84 Å². The van der Waals surface area contributed by atoms with Crippen molar-refractivity contribution in [3.05, 3.63) is 42.2 Å². The Morgan fingerprint density at radius 3 is 3.12 bits per heavy atom. The zero-order valence-electron chi connectivity index (χ0n) is 9.09. The van der Waals surface area contributed by atoms with E-state index in [2.05, 4.69) is 4.98 Å². The van der Waals surface area contributed by atoms with Crippen LogP contribution in [0.15, 0.2) is 46.5 Å². The van der Waals surface area contributed by atoms with Crippen molar-refractivity contribution in [3.63, 3.8) is 0 Å². The summed E-state index contributed by atoms with van der Waals surface area (Å²) in [6.45, 7) is 0.704. The maximum absolute atomic E-state index is 9.94. The Morgan fingerprint density at radius 2 is 2.29 bits per heavy atom. The molecule has 1 aliphatic rings. The second kappa shape index (κ2) is 4.30. The Balaban J connectivity index is 1.93. The van der Waals surface area contributed by atoms with E-state index in [1.165, 1.54) is 11.8 Å². The summed E-state index contributed by atoms with van der Waals surface area (Å²) in [5, 5.41) is 9.94. The first-order chi connectivity index (χ1) is 8.33. The van der Waals surface area contributed by atoms with Gasteiger partial charge in [0.05, 0.1) is 11.5 Å². The lowest BCUT2D eigenvalue weighted by atomic mass is 10.1. The molecule has 4 heteroatoms. The van der Waals surface area contributed by atoms with Gasteiger partial charge in [0.15, 0.2) is 0 Å². The van der Waals surface area contributed by atoms with Gasteiger partial charge in [-0.1, -0.05) is 11.8 Å². The molecule has 0 radical (unpaired) electrons. The van der Waals surface area contributed by atoms with Gasteiger partial charge in [0, 0.05) is 29.3 Å². The van der Waals surface area contributed by atoms with E-state index in [1.807, 2.05) is 18.2 Å². The molecule has 1 aromatic heterocycles. The van der Waals surface area contributed by atoms with E-state index in [-0.39, 0.29) is 0 Å². The number of aromatic nitrogens is 1. The minimum Gasteiger partial charge on any atom is -0.507 e. The summed E-state index contributed by atoms with van der Waals surface area (Å²) < 4.78 is 5.49. The summed E-state index contributed by atoms with van der Waals surface area (Å²) in [4.78, 5) is 5.85. The van der Waals surface area contributed by atoms with Crippen molar-refractivity contribution in [2.75, 3.05) is 6.61 Å². The van der Waals surface area contributed by atoms with Crippen LogP contribution in [0.25, 0.3) is 0 Å². The molecular formula is C13H11NO2S. The van der Waals surface area contributed by atoms with Gasteiger partial charge in [0.25, 0.3) is 0 Å². The van der Waals surface area contributed by atoms with Crippen LogP contribution in [0.5, 0.6) is 11.5 Å². The normalized spacial score (nSPS) is 13.2. The maximum atomic E-state index is 9.94. The predicted octanol–water partition coefficient (Wildman–Crippen LogP) is 2.87. The van der Waals surface area contributed by atoms with E-state index in [4.69, 9.17) is 4.74 Å². The molecule has 0 aliphatic carbocycles. The number of benzene rings is 1. The molecule has 2 heterocycles. The Hall–Kier alpha value is -1.68. The SMILES string of the molecule is Oc1cc2c(cc1Sc1cccnc1)OCC2. The van der Waals surface area contributed by atoms with Crippen LogP contribution in [0.1, 0.15) is 5.56 Å². The fraction of sp³-hybridized carbons (Fsp3) is 0.154. The van der Waals surface area contributed by atoms with Crippen LogP contribution in [0.3, 0.4) is 0 Å². The van der Waals surface area contributed by atoms with Crippen molar-refractivity contribution in [2.24, 2.45) is 0 Å².